The van der Waals surface area contributed by atoms with Crippen molar-refractivity contribution in [2.45, 2.75) is 38.4 Å². The molecule has 2 atom stereocenters. The summed E-state index contributed by atoms with van der Waals surface area (Å²) < 4.78 is 5.73. The minimum absolute atomic E-state index is 0.337. The lowest BCUT2D eigenvalue weighted by Gasteiger charge is -2.28. The van der Waals surface area contributed by atoms with Crippen LogP contribution in [0.1, 0.15) is 36.5 Å². The molecule has 1 saturated heterocycles. The molecule has 0 radical (unpaired) electrons. The van der Waals surface area contributed by atoms with E-state index in [0.29, 0.717) is 12.6 Å². The van der Waals surface area contributed by atoms with Crippen molar-refractivity contribution in [2.75, 3.05) is 26.7 Å². The van der Waals surface area contributed by atoms with Crippen molar-refractivity contribution in [3.05, 3.63) is 35.4 Å². The van der Waals surface area contributed by atoms with E-state index < -0.39 is 6.10 Å². The van der Waals surface area contributed by atoms with Gasteiger partial charge in [0.15, 0.2) is 0 Å². The highest BCUT2D eigenvalue weighted by Crippen LogP contribution is 2.17. The van der Waals surface area contributed by atoms with Gasteiger partial charge in [0.05, 0.1) is 12.2 Å². The largest absolute Gasteiger partial charge is 0.387 e. The maximum absolute atomic E-state index is 10.2. The van der Waals surface area contributed by atoms with Crippen LogP contribution in [0.25, 0.3) is 0 Å². The third-order valence-electron chi connectivity index (χ3n) is 3.74. The molecule has 0 aliphatic carbocycles. The Morgan fingerprint density at radius 1 is 1.32 bits per heavy atom. The highest BCUT2D eigenvalue weighted by molar-refractivity contribution is 5.23. The number of aryl methyl sites for hydroxylation is 1. The van der Waals surface area contributed by atoms with Gasteiger partial charge in [-0.15, -0.1) is 0 Å². The zero-order valence-corrected chi connectivity index (χ0v) is 12.0. The quantitative estimate of drug-likeness (QED) is 0.886. The van der Waals surface area contributed by atoms with Crippen molar-refractivity contribution in [3.63, 3.8) is 0 Å². The maximum atomic E-state index is 10.2. The van der Waals surface area contributed by atoms with E-state index in [4.69, 9.17) is 4.74 Å². The molecule has 0 aromatic heterocycles. The summed E-state index contributed by atoms with van der Waals surface area (Å²) in [6.07, 6.45) is 3.51. The Morgan fingerprint density at radius 2 is 2.05 bits per heavy atom. The summed E-state index contributed by atoms with van der Waals surface area (Å²) >= 11 is 0. The average Bonchev–Trinajstić information content (AvgIpc) is 2.40. The molecule has 1 aromatic carbocycles. The Kier molecular flexibility index (Phi) is 5.37. The molecule has 0 saturated carbocycles. The average molecular weight is 263 g/mol. The van der Waals surface area contributed by atoms with Gasteiger partial charge in [-0.25, -0.2) is 0 Å². The molecule has 106 valence electrons. The lowest BCUT2D eigenvalue weighted by molar-refractivity contribution is -0.00795. The first-order valence-corrected chi connectivity index (χ1v) is 7.20. The Bertz CT molecular complexity index is 371. The van der Waals surface area contributed by atoms with Gasteiger partial charge in [-0.1, -0.05) is 29.8 Å². The van der Waals surface area contributed by atoms with Gasteiger partial charge in [0, 0.05) is 19.7 Å². The lowest BCUT2D eigenvalue weighted by atomic mass is 10.1. The standard InChI is InChI=1S/C16H25NO2/c1-13-6-8-14(9-7-13)16(18)12-17(2)11-15-5-3-4-10-19-15/h6-9,15-16,18H,3-5,10-12H2,1-2H3. The van der Waals surface area contributed by atoms with Crippen LogP contribution in [0.3, 0.4) is 0 Å². The zero-order valence-electron chi connectivity index (χ0n) is 12.0. The normalized spacial score (nSPS) is 21.6. The highest BCUT2D eigenvalue weighted by Gasteiger charge is 2.18. The fourth-order valence-corrected chi connectivity index (χ4v) is 2.56. The third kappa shape index (κ3) is 4.60. The fraction of sp³-hybridized carbons (Fsp3) is 0.625. The predicted molar refractivity (Wildman–Crippen MR) is 77.2 cm³/mol. The SMILES string of the molecule is Cc1ccc(C(O)CN(C)CC2CCCCO2)cc1. The van der Waals surface area contributed by atoms with Crippen LogP contribution in [0.15, 0.2) is 24.3 Å². The van der Waals surface area contributed by atoms with Crippen LogP contribution in [0.5, 0.6) is 0 Å². The fourth-order valence-electron chi connectivity index (χ4n) is 2.56. The van der Waals surface area contributed by atoms with Crippen LogP contribution in [0, 0.1) is 6.92 Å². The van der Waals surface area contributed by atoms with E-state index in [2.05, 4.69) is 18.9 Å². The summed E-state index contributed by atoms with van der Waals surface area (Å²) in [6, 6.07) is 8.10. The van der Waals surface area contributed by atoms with E-state index in [1.807, 2.05) is 24.3 Å². The Balaban J connectivity index is 1.80. The van der Waals surface area contributed by atoms with Gasteiger partial charge in [-0.3, -0.25) is 0 Å². The van der Waals surface area contributed by atoms with Crippen LogP contribution >= 0.6 is 0 Å². The van der Waals surface area contributed by atoms with E-state index in [1.54, 1.807) is 0 Å². The molecule has 1 aromatic rings. The van der Waals surface area contributed by atoms with Gasteiger partial charge in [0.2, 0.25) is 0 Å². The Morgan fingerprint density at radius 3 is 2.68 bits per heavy atom. The third-order valence-corrected chi connectivity index (χ3v) is 3.74. The van der Waals surface area contributed by atoms with Crippen molar-refractivity contribution in [2.24, 2.45) is 0 Å². The van der Waals surface area contributed by atoms with E-state index in [1.165, 1.54) is 18.4 Å². The summed E-state index contributed by atoms with van der Waals surface area (Å²) in [5, 5.41) is 10.2. The van der Waals surface area contributed by atoms with E-state index in [0.717, 1.165) is 25.1 Å². The van der Waals surface area contributed by atoms with Crippen molar-refractivity contribution in [1.29, 1.82) is 0 Å². The van der Waals surface area contributed by atoms with Crippen LogP contribution in [0.2, 0.25) is 0 Å². The monoisotopic (exact) mass is 263 g/mol. The number of rotatable bonds is 5. The lowest BCUT2D eigenvalue weighted by Crippen LogP contribution is -2.35. The molecule has 1 heterocycles. The molecule has 2 rings (SSSR count). The van der Waals surface area contributed by atoms with Crippen LogP contribution in [-0.2, 0) is 4.74 Å². The summed E-state index contributed by atoms with van der Waals surface area (Å²) in [5.41, 5.74) is 2.21. The first kappa shape index (κ1) is 14.5. The molecule has 1 fully saturated rings. The van der Waals surface area contributed by atoms with Crippen LogP contribution in [0.4, 0.5) is 0 Å². The molecule has 3 heteroatoms. The molecule has 1 aliphatic rings. The number of hydrogen-bond acceptors (Lipinski definition) is 3. The topological polar surface area (TPSA) is 32.7 Å². The number of ether oxygens (including phenoxy) is 1. The second-order valence-corrected chi connectivity index (χ2v) is 5.64. The van der Waals surface area contributed by atoms with Crippen LogP contribution in [-0.4, -0.2) is 42.9 Å². The summed E-state index contributed by atoms with van der Waals surface area (Å²) in [7, 11) is 2.05. The molecular formula is C16H25NO2. The van der Waals surface area contributed by atoms with Gasteiger partial charge >= 0.3 is 0 Å². The van der Waals surface area contributed by atoms with Gasteiger partial charge in [-0.05, 0) is 38.8 Å². The molecule has 2 unspecified atom stereocenters. The van der Waals surface area contributed by atoms with Gasteiger partial charge in [0.1, 0.15) is 0 Å². The van der Waals surface area contributed by atoms with Crippen molar-refractivity contribution >= 4 is 0 Å². The number of aliphatic hydroxyl groups excluding tert-OH is 1. The van der Waals surface area contributed by atoms with Gasteiger partial charge in [-0.2, -0.15) is 0 Å². The number of benzene rings is 1. The van der Waals surface area contributed by atoms with Gasteiger partial charge in [0.25, 0.3) is 0 Å². The van der Waals surface area contributed by atoms with Gasteiger partial charge < -0.3 is 14.7 Å². The second-order valence-electron chi connectivity index (χ2n) is 5.64. The smallest absolute Gasteiger partial charge is 0.0916 e. The molecule has 0 bridgehead atoms. The number of likely N-dealkylation sites (N-methyl/N-ethyl adjacent to an activating group) is 1. The summed E-state index contributed by atoms with van der Waals surface area (Å²) in [4.78, 5) is 2.17. The first-order chi connectivity index (χ1) is 9.15. The molecule has 3 nitrogen and oxygen atoms in total. The Labute approximate surface area is 116 Å². The highest BCUT2D eigenvalue weighted by atomic mass is 16.5. The number of nitrogens with zero attached hydrogens (tertiary/aromatic N) is 1. The van der Waals surface area contributed by atoms with Crippen molar-refractivity contribution in [1.82, 2.24) is 4.90 Å². The number of hydrogen-bond donors (Lipinski definition) is 1. The number of aliphatic hydroxyl groups is 1. The molecule has 1 N–H and O–H groups in total. The minimum atomic E-state index is -0.422. The predicted octanol–water partition coefficient (Wildman–Crippen LogP) is 2.53. The summed E-state index contributed by atoms with van der Waals surface area (Å²) in [6.45, 7) is 4.51. The maximum Gasteiger partial charge on any atom is 0.0916 e. The molecule has 1 aliphatic heterocycles. The van der Waals surface area contributed by atoms with Crippen molar-refractivity contribution < 1.29 is 9.84 Å². The second kappa shape index (κ2) is 7.04. The zero-order chi connectivity index (χ0) is 13.7. The summed E-state index contributed by atoms with van der Waals surface area (Å²) in [5.74, 6) is 0. The molecular weight excluding hydrogens is 238 g/mol. The van der Waals surface area contributed by atoms with E-state index in [9.17, 15) is 5.11 Å². The van der Waals surface area contributed by atoms with E-state index in [-0.39, 0.29) is 0 Å². The molecule has 0 amide bonds. The Hall–Kier alpha value is -0.900. The minimum Gasteiger partial charge on any atom is -0.387 e. The molecule has 0 spiro atoms. The van der Waals surface area contributed by atoms with E-state index >= 15 is 0 Å². The molecule has 19 heavy (non-hydrogen) atoms. The van der Waals surface area contributed by atoms with Crippen LogP contribution < -0.4 is 0 Å². The van der Waals surface area contributed by atoms with Crippen molar-refractivity contribution in [3.8, 4) is 0 Å². The first-order valence-electron chi connectivity index (χ1n) is 7.20.